The molecule has 12 unspecified atom stereocenters. The van der Waals surface area contributed by atoms with Crippen LogP contribution >= 0.6 is 0 Å². The quantitative estimate of drug-likeness (QED) is 0.0204. The number of carbonyl (C=O) groups is 1. The molecule has 0 radical (unpaired) electrons. The van der Waals surface area contributed by atoms with Crippen LogP contribution in [0.2, 0.25) is 0 Å². The van der Waals surface area contributed by atoms with Crippen molar-refractivity contribution >= 4 is 5.91 Å². The first-order chi connectivity index (χ1) is 49.6. The summed E-state index contributed by atoms with van der Waals surface area (Å²) in [6.07, 6.45) is 77.2. The Morgan fingerprint density at radius 3 is 0.941 bits per heavy atom. The molecule has 0 aliphatic carbocycles. The first-order valence-electron chi connectivity index (χ1n) is 44.1. The number of allylic oxidation sites excluding steroid dienone is 3. The first-order valence-corrected chi connectivity index (χ1v) is 44.1. The highest BCUT2D eigenvalue weighted by Gasteiger charge is 2.51. The molecule has 1 amide bonds. The minimum absolute atomic E-state index is 0.228. The molecule has 2 rings (SSSR count). The number of aliphatic hydroxyl groups excluding tert-OH is 8. The van der Waals surface area contributed by atoms with Gasteiger partial charge in [-0.05, 0) is 44.9 Å². The lowest BCUT2D eigenvalue weighted by molar-refractivity contribution is -0.359. The minimum atomic E-state index is -1.79. The summed E-state index contributed by atoms with van der Waals surface area (Å²) < 4.78 is 23.0. The predicted octanol–water partition coefficient (Wildman–Crippen LogP) is 21.0. The first kappa shape index (κ1) is 95.5. The van der Waals surface area contributed by atoms with Crippen molar-refractivity contribution in [3.8, 4) is 0 Å². The van der Waals surface area contributed by atoms with E-state index in [4.69, 9.17) is 18.9 Å². The Balaban J connectivity index is 1.56. The Labute approximate surface area is 621 Å². The number of carbonyl (C=O) groups excluding carboxylic acids is 1. The van der Waals surface area contributed by atoms with E-state index in [1.54, 1.807) is 6.08 Å². The van der Waals surface area contributed by atoms with Gasteiger partial charge >= 0.3 is 0 Å². The van der Waals surface area contributed by atoms with E-state index in [0.717, 1.165) is 38.5 Å². The summed E-state index contributed by atoms with van der Waals surface area (Å²) in [6.45, 7) is 2.88. The van der Waals surface area contributed by atoms with Gasteiger partial charge < -0.3 is 65.1 Å². The van der Waals surface area contributed by atoms with Gasteiger partial charge in [-0.15, -0.1) is 0 Å². The van der Waals surface area contributed by atoms with E-state index in [1.807, 2.05) is 6.08 Å². The van der Waals surface area contributed by atoms with Crippen molar-refractivity contribution in [2.24, 2.45) is 0 Å². The Bertz CT molecular complexity index is 1790. The molecule has 0 bridgehead atoms. The highest BCUT2D eigenvalue weighted by Crippen LogP contribution is 2.31. The van der Waals surface area contributed by atoms with Gasteiger partial charge in [0.15, 0.2) is 12.6 Å². The van der Waals surface area contributed by atoms with Crippen molar-refractivity contribution < 1.29 is 64.6 Å². The smallest absolute Gasteiger partial charge is 0.220 e. The highest BCUT2D eigenvalue weighted by atomic mass is 16.7. The molecule has 14 nitrogen and oxygen atoms in total. The zero-order chi connectivity index (χ0) is 73.0. The molecule has 2 aliphatic rings. The Hall–Kier alpha value is -1.53. The van der Waals surface area contributed by atoms with Crippen molar-refractivity contribution in [3.05, 3.63) is 24.3 Å². The Kier molecular flexibility index (Phi) is 67.5. The van der Waals surface area contributed by atoms with Crippen molar-refractivity contribution in [1.82, 2.24) is 5.32 Å². The molecule has 101 heavy (non-hydrogen) atoms. The zero-order valence-corrected chi connectivity index (χ0v) is 65.9. The van der Waals surface area contributed by atoms with Gasteiger partial charge in [-0.1, -0.05) is 404 Å². The molecule has 2 saturated heterocycles. The average molecular weight is 1440 g/mol. The van der Waals surface area contributed by atoms with E-state index in [9.17, 15) is 45.6 Å². The topological polar surface area (TPSA) is 228 Å². The van der Waals surface area contributed by atoms with Crippen molar-refractivity contribution in [2.75, 3.05) is 19.8 Å². The zero-order valence-electron chi connectivity index (χ0n) is 65.9. The maximum absolute atomic E-state index is 13.4. The van der Waals surface area contributed by atoms with E-state index in [-0.39, 0.29) is 18.9 Å². The van der Waals surface area contributed by atoms with Crippen LogP contribution in [0.3, 0.4) is 0 Å². The number of rotatable bonds is 76. The molecular weight excluding hydrogens is 1270 g/mol. The van der Waals surface area contributed by atoms with Crippen LogP contribution in [0, 0.1) is 0 Å². The molecule has 0 aromatic carbocycles. The van der Waals surface area contributed by atoms with Gasteiger partial charge in [0.25, 0.3) is 0 Å². The van der Waals surface area contributed by atoms with Crippen LogP contribution in [-0.4, -0.2) is 140 Å². The van der Waals surface area contributed by atoms with Crippen molar-refractivity contribution in [3.63, 3.8) is 0 Å². The SMILES string of the molecule is CCCCCCCCCC/C=C\CCCCCCCCCCCCCCCCCCCCCCCCCCCCCC(=O)NC(COC1OC(CO)C(OC2OC(CO)C(O)C(O)C2O)C(O)C1O)C(O)/C=C/CCCCCCCCCCCCCCCCCCCCCCCCCCCC. The lowest BCUT2D eigenvalue weighted by atomic mass is 9.97. The maximum atomic E-state index is 13.4. The van der Waals surface area contributed by atoms with Crippen molar-refractivity contribution in [2.45, 2.75) is 505 Å². The number of hydrogen-bond donors (Lipinski definition) is 9. The molecule has 2 heterocycles. The van der Waals surface area contributed by atoms with Crippen LogP contribution in [0.15, 0.2) is 24.3 Å². The fraction of sp³-hybridized carbons (Fsp3) is 0.943. The number of aliphatic hydroxyl groups is 8. The lowest BCUT2D eigenvalue weighted by Crippen LogP contribution is -2.65. The second kappa shape index (κ2) is 71.4. The predicted molar refractivity (Wildman–Crippen MR) is 420 cm³/mol. The minimum Gasteiger partial charge on any atom is -0.394 e. The van der Waals surface area contributed by atoms with E-state index >= 15 is 0 Å². The monoisotopic (exact) mass is 1430 g/mol. The van der Waals surface area contributed by atoms with E-state index in [2.05, 4.69) is 31.3 Å². The molecule has 9 N–H and O–H groups in total. The summed E-state index contributed by atoms with van der Waals surface area (Å²) in [7, 11) is 0. The van der Waals surface area contributed by atoms with Crippen LogP contribution < -0.4 is 5.32 Å². The van der Waals surface area contributed by atoms with Gasteiger partial charge in [0.1, 0.15) is 48.8 Å². The number of amides is 1. The molecule has 598 valence electrons. The molecule has 14 heteroatoms. The summed E-state index contributed by atoms with van der Waals surface area (Å²) in [5, 5.41) is 87.8. The van der Waals surface area contributed by atoms with Crippen LogP contribution in [-0.2, 0) is 23.7 Å². The van der Waals surface area contributed by atoms with Gasteiger partial charge in [-0.2, -0.15) is 0 Å². The lowest BCUT2D eigenvalue weighted by Gasteiger charge is -2.46. The third-order valence-electron chi connectivity index (χ3n) is 21.9. The van der Waals surface area contributed by atoms with Crippen LogP contribution in [0.5, 0.6) is 0 Å². The van der Waals surface area contributed by atoms with Gasteiger partial charge in [0.05, 0.1) is 32.0 Å². The summed E-state index contributed by atoms with van der Waals surface area (Å²) in [5.74, 6) is -0.228. The number of hydrogen-bond acceptors (Lipinski definition) is 13. The summed E-state index contributed by atoms with van der Waals surface area (Å²) in [5.41, 5.74) is 0. The van der Waals surface area contributed by atoms with Crippen LogP contribution in [0.4, 0.5) is 0 Å². The van der Waals surface area contributed by atoms with E-state index in [1.165, 1.54) is 366 Å². The molecule has 2 aliphatic heterocycles. The molecule has 2 fully saturated rings. The van der Waals surface area contributed by atoms with E-state index in [0.29, 0.717) is 6.42 Å². The summed E-state index contributed by atoms with van der Waals surface area (Å²) >= 11 is 0. The molecule has 12 atom stereocenters. The van der Waals surface area contributed by atoms with Gasteiger partial charge in [0, 0.05) is 6.42 Å². The van der Waals surface area contributed by atoms with E-state index < -0.39 is 86.8 Å². The third kappa shape index (κ3) is 53.8. The maximum Gasteiger partial charge on any atom is 0.220 e. The number of ether oxygens (including phenoxy) is 4. The largest absolute Gasteiger partial charge is 0.394 e. The number of unbranched alkanes of at least 4 members (excludes halogenated alkanes) is 61. The normalized spacial score (nSPS) is 21.8. The molecule has 0 aromatic rings. The molecule has 0 aromatic heterocycles. The fourth-order valence-electron chi connectivity index (χ4n) is 14.9. The van der Waals surface area contributed by atoms with Gasteiger partial charge in [-0.25, -0.2) is 0 Å². The molecular formula is C87H167NO13. The Morgan fingerprint density at radius 2 is 0.624 bits per heavy atom. The van der Waals surface area contributed by atoms with Crippen LogP contribution in [0.1, 0.15) is 431 Å². The van der Waals surface area contributed by atoms with Gasteiger partial charge in [-0.3, -0.25) is 4.79 Å². The highest BCUT2D eigenvalue weighted by molar-refractivity contribution is 5.76. The van der Waals surface area contributed by atoms with Gasteiger partial charge in [0.2, 0.25) is 5.91 Å². The molecule has 0 saturated carbocycles. The van der Waals surface area contributed by atoms with Crippen LogP contribution in [0.25, 0.3) is 0 Å². The fourth-order valence-corrected chi connectivity index (χ4v) is 14.9. The molecule has 0 spiro atoms. The Morgan fingerprint density at radius 1 is 0.347 bits per heavy atom. The second-order valence-electron chi connectivity index (χ2n) is 31.4. The number of nitrogens with one attached hydrogen (secondary N) is 1. The standard InChI is InChI=1S/C87H167NO13/c1-3-5-7-9-11-13-15-17-19-21-23-25-27-29-31-33-34-35-36-37-38-39-40-41-42-43-45-47-49-51-53-55-57-59-61-63-65-67-69-71-79(92)88-75(74-98-86-84(97)82(95)85(78(73-90)100-86)101-87-83(96)81(94)80(93)77(72-89)99-87)76(91)70-68-66-64-62-60-58-56-54-52-50-48-46-44-32-30-28-26-24-22-20-18-16-14-12-10-8-6-4-2/h21,23,68,70,75-78,80-87,89-91,93-97H,3-20,22,24-67,69,71-74H2,1-2H3,(H,88,92)/b23-21-,70-68+. The average Bonchev–Trinajstić information content (AvgIpc) is 0.790. The third-order valence-corrected chi connectivity index (χ3v) is 21.9. The second-order valence-corrected chi connectivity index (χ2v) is 31.4. The van der Waals surface area contributed by atoms with Crippen molar-refractivity contribution in [1.29, 1.82) is 0 Å². The summed E-state index contributed by atoms with van der Waals surface area (Å²) in [6, 6.07) is -0.914. The summed E-state index contributed by atoms with van der Waals surface area (Å²) in [4.78, 5) is 13.4.